The van der Waals surface area contributed by atoms with Crippen molar-refractivity contribution in [2.24, 2.45) is 0 Å². The van der Waals surface area contributed by atoms with Gasteiger partial charge in [-0.15, -0.1) is 0 Å². The molecule has 0 aromatic rings. The molecule has 0 aliphatic carbocycles. The molecule has 476 valence electrons. The largest absolute Gasteiger partial charge is 0.466 e. The number of rotatable bonds is 70. The highest BCUT2D eigenvalue weighted by Gasteiger charge is 2.20. The number of aliphatic hydroxyl groups excluding tert-OH is 2. The summed E-state index contributed by atoms with van der Waals surface area (Å²) in [4.78, 5) is 24.6. The third-order valence-corrected chi connectivity index (χ3v) is 17.6. The molecular formula is C74H145NO5. The fourth-order valence-corrected chi connectivity index (χ4v) is 11.9. The van der Waals surface area contributed by atoms with Crippen LogP contribution in [0.2, 0.25) is 0 Å². The molecule has 0 radical (unpaired) electrons. The summed E-state index contributed by atoms with van der Waals surface area (Å²) in [6.07, 6.45) is 87.1. The number of carbonyl (C=O) groups is 2. The monoisotopic (exact) mass is 1130 g/mol. The quantitative estimate of drug-likeness (QED) is 0.0320. The molecule has 2 unspecified atom stereocenters. The summed E-state index contributed by atoms with van der Waals surface area (Å²) in [5, 5.41) is 23.5. The Morgan fingerprint density at radius 1 is 0.338 bits per heavy atom. The fraction of sp³-hybridized carbons (Fsp3) is 0.946. The molecule has 2 atom stereocenters. The average molecular weight is 1130 g/mol. The maximum atomic E-state index is 12.6. The van der Waals surface area contributed by atoms with E-state index >= 15 is 0 Å². The lowest BCUT2D eigenvalue weighted by Gasteiger charge is -2.22. The van der Waals surface area contributed by atoms with Gasteiger partial charge in [-0.2, -0.15) is 0 Å². The van der Waals surface area contributed by atoms with Gasteiger partial charge in [0.1, 0.15) is 0 Å². The lowest BCUT2D eigenvalue weighted by atomic mass is 10.0. The lowest BCUT2D eigenvalue weighted by Crippen LogP contribution is -2.45. The van der Waals surface area contributed by atoms with Gasteiger partial charge in [-0.1, -0.05) is 379 Å². The summed E-state index contributed by atoms with van der Waals surface area (Å²) in [5.41, 5.74) is 0. The Labute approximate surface area is 501 Å². The molecule has 0 aromatic heterocycles. The Balaban J connectivity index is 3.34. The number of unbranched alkanes of at least 4 members (excludes halogenated alkanes) is 57. The Hall–Kier alpha value is -1.40. The first kappa shape index (κ1) is 78.6. The summed E-state index contributed by atoms with van der Waals surface area (Å²) >= 11 is 0. The molecule has 0 rings (SSSR count). The van der Waals surface area contributed by atoms with Crippen molar-refractivity contribution >= 4 is 11.9 Å². The predicted molar refractivity (Wildman–Crippen MR) is 352 cm³/mol. The van der Waals surface area contributed by atoms with E-state index in [1.807, 2.05) is 0 Å². The van der Waals surface area contributed by atoms with Crippen LogP contribution in [-0.2, 0) is 14.3 Å². The van der Waals surface area contributed by atoms with Crippen molar-refractivity contribution in [3.8, 4) is 0 Å². The number of hydrogen-bond acceptors (Lipinski definition) is 5. The van der Waals surface area contributed by atoms with Gasteiger partial charge in [0.2, 0.25) is 5.91 Å². The summed E-state index contributed by atoms with van der Waals surface area (Å²) in [6, 6.07) is -0.539. The second-order valence-corrected chi connectivity index (χ2v) is 25.6. The van der Waals surface area contributed by atoms with Gasteiger partial charge >= 0.3 is 5.97 Å². The summed E-state index contributed by atoms with van der Waals surface area (Å²) in [6.45, 7) is 4.96. The summed E-state index contributed by atoms with van der Waals surface area (Å²) < 4.78 is 5.47. The van der Waals surface area contributed by atoms with Gasteiger partial charge in [0.05, 0.1) is 25.4 Å². The van der Waals surface area contributed by atoms with E-state index in [0.29, 0.717) is 25.9 Å². The average Bonchev–Trinajstić information content (AvgIpc) is 3.46. The van der Waals surface area contributed by atoms with Crippen LogP contribution in [0.4, 0.5) is 0 Å². The van der Waals surface area contributed by atoms with Crippen LogP contribution >= 0.6 is 0 Å². The molecule has 6 heteroatoms. The van der Waals surface area contributed by atoms with Crippen LogP contribution in [0.25, 0.3) is 0 Å². The third-order valence-electron chi connectivity index (χ3n) is 17.6. The highest BCUT2D eigenvalue weighted by molar-refractivity contribution is 5.76. The first-order chi connectivity index (χ1) is 39.5. The molecule has 0 aliphatic rings. The number of nitrogens with one attached hydrogen (secondary N) is 1. The zero-order valence-corrected chi connectivity index (χ0v) is 54.6. The molecular weight excluding hydrogens is 983 g/mol. The highest BCUT2D eigenvalue weighted by atomic mass is 16.5. The second kappa shape index (κ2) is 70.1. The molecule has 0 fully saturated rings. The van der Waals surface area contributed by atoms with Crippen molar-refractivity contribution < 1.29 is 24.5 Å². The summed E-state index contributed by atoms with van der Waals surface area (Å²) in [7, 11) is 0. The molecule has 0 saturated heterocycles. The zero-order chi connectivity index (χ0) is 57.8. The molecule has 1 amide bonds. The predicted octanol–water partition coefficient (Wildman–Crippen LogP) is 23.9. The Kier molecular flexibility index (Phi) is 68.9. The zero-order valence-electron chi connectivity index (χ0n) is 54.6. The Morgan fingerprint density at radius 2 is 0.600 bits per heavy atom. The third kappa shape index (κ3) is 65.7. The summed E-state index contributed by atoms with van der Waals surface area (Å²) in [5.74, 6) is -0.0165. The van der Waals surface area contributed by atoms with Crippen molar-refractivity contribution in [2.75, 3.05) is 13.2 Å². The molecule has 6 nitrogen and oxygen atoms in total. The van der Waals surface area contributed by atoms with Crippen molar-refractivity contribution in [2.45, 2.75) is 437 Å². The van der Waals surface area contributed by atoms with E-state index in [2.05, 4.69) is 31.3 Å². The minimum Gasteiger partial charge on any atom is -0.466 e. The number of aliphatic hydroxyl groups is 2. The SMILES string of the molecule is CCCC/C=C\CCCCCCCC(=O)OCCCCCCCCCCCCCCCCCCCCCCCCCCCCCCCC(=O)NC(CO)C(O)CCCCCCCCCCCCCCCCCCCCCCCCC. The topological polar surface area (TPSA) is 95.9 Å². The molecule has 0 spiro atoms. The minimum absolute atomic E-state index is 0.00936. The van der Waals surface area contributed by atoms with Gasteiger partial charge in [0.25, 0.3) is 0 Å². The number of carbonyl (C=O) groups excluding carboxylic acids is 2. The molecule has 0 heterocycles. The first-order valence-electron chi connectivity index (χ1n) is 36.9. The van der Waals surface area contributed by atoms with E-state index in [1.165, 1.54) is 347 Å². The van der Waals surface area contributed by atoms with E-state index in [0.717, 1.165) is 44.9 Å². The van der Waals surface area contributed by atoms with Crippen LogP contribution in [0.5, 0.6) is 0 Å². The number of esters is 1. The van der Waals surface area contributed by atoms with Crippen LogP contribution in [0.1, 0.15) is 425 Å². The fourth-order valence-electron chi connectivity index (χ4n) is 11.9. The van der Waals surface area contributed by atoms with Crippen LogP contribution in [0.15, 0.2) is 12.2 Å². The Bertz CT molecular complexity index is 1210. The number of hydrogen-bond donors (Lipinski definition) is 3. The van der Waals surface area contributed by atoms with Crippen LogP contribution in [-0.4, -0.2) is 47.4 Å². The van der Waals surface area contributed by atoms with Gasteiger partial charge in [-0.05, 0) is 44.9 Å². The Morgan fingerprint density at radius 3 is 0.925 bits per heavy atom. The van der Waals surface area contributed by atoms with E-state index in [9.17, 15) is 19.8 Å². The van der Waals surface area contributed by atoms with Crippen molar-refractivity contribution in [3.05, 3.63) is 12.2 Å². The molecule has 0 saturated carbocycles. The minimum atomic E-state index is -0.662. The van der Waals surface area contributed by atoms with Crippen LogP contribution in [0.3, 0.4) is 0 Å². The maximum absolute atomic E-state index is 12.6. The first-order valence-corrected chi connectivity index (χ1v) is 36.9. The maximum Gasteiger partial charge on any atom is 0.305 e. The van der Waals surface area contributed by atoms with E-state index in [4.69, 9.17) is 4.74 Å². The number of allylic oxidation sites excluding steroid dienone is 2. The van der Waals surface area contributed by atoms with Gasteiger partial charge in [0, 0.05) is 12.8 Å². The van der Waals surface area contributed by atoms with Crippen molar-refractivity contribution in [1.29, 1.82) is 0 Å². The number of ether oxygens (including phenoxy) is 1. The molecule has 80 heavy (non-hydrogen) atoms. The van der Waals surface area contributed by atoms with E-state index in [-0.39, 0.29) is 18.5 Å². The van der Waals surface area contributed by atoms with Crippen molar-refractivity contribution in [3.63, 3.8) is 0 Å². The van der Waals surface area contributed by atoms with E-state index < -0.39 is 12.1 Å². The smallest absolute Gasteiger partial charge is 0.305 e. The van der Waals surface area contributed by atoms with Gasteiger partial charge < -0.3 is 20.3 Å². The van der Waals surface area contributed by atoms with Crippen LogP contribution in [0, 0.1) is 0 Å². The van der Waals surface area contributed by atoms with Gasteiger partial charge in [-0.3, -0.25) is 9.59 Å². The highest BCUT2D eigenvalue weighted by Crippen LogP contribution is 2.20. The standard InChI is InChI=1S/C74H145NO5/c1-3-5-7-9-11-13-15-16-17-18-19-20-28-31-34-37-40-43-47-50-54-58-62-66-72(77)71(70-76)75-73(78)67-63-59-55-51-48-44-41-38-35-32-29-26-24-22-21-23-25-27-30-33-36-39-42-45-49-53-57-61-65-69-80-74(79)68-64-60-56-52-46-14-12-10-8-6-4-2/h10,12,71-72,76-77H,3-9,11,13-70H2,1-2H3,(H,75,78)/b12-10-. The second-order valence-electron chi connectivity index (χ2n) is 25.6. The van der Waals surface area contributed by atoms with Gasteiger partial charge in [0.15, 0.2) is 0 Å². The van der Waals surface area contributed by atoms with Crippen molar-refractivity contribution in [1.82, 2.24) is 5.32 Å². The normalized spacial score (nSPS) is 12.5. The van der Waals surface area contributed by atoms with E-state index in [1.54, 1.807) is 0 Å². The number of amides is 1. The molecule has 0 bridgehead atoms. The van der Waals surface area contributed by atoms with Gasteiger partial charge in [-0.25, -0.2) is 0 Å². The lowest BCUT2D eigenvalue weighted by molar-refractivity contribution is -0.143. The molecule has 3 N–H and O–H groups in total. The molecule has 0 aromatic carbocycles. The molecule has 0 aliphatic heterocycles. The van der Waals surface area contributed by atoms with Crippen LogP contribution < -0.4 is 5.32 Å².